The van der Waals surface area contributed by atoms with Gasteiger partial charge in [0.05, 0.1) is 16.5 Å². The molecule has 1 heterocycles. The van der Waals surface area contributed by atoms with Crippen LogP contribution in [0.2, 0.25) is 5.02 Å². The molecule has 0 bridgehead atoms. The van der Waals surface area contributed by atoms with Crippen molar-refractivity contribution in [2.45, 2.75) is 31.7 Å². The van der Waals surface area contributed by atoms with Crippen molar-refractivity contribution >= 4 is 35.0 Å². The Kier molecular flexibility index (Phi) is 6.95. The lowest BCUT2D eigenvalue weighted by Gasteiger charge is -2.15. The Morgan fingerprint density at radius 1 is 1.18 bits per heavy atom. The Hall–Kier alpha value is -2.51. The number of nitrogens with zero attached hydrogens (tertiary/aromatic N) is 3. The number of amides is 1. The van der Waals surface area contributed by atoms with Gasteiger partial charge in [0.1, 0.15) is 5.75 Å². The van der Waals surface area contributed by atoms with Gasteiger partial charge in [-0.1, -0.05) is 53.7 Å². The minimum atomic E-state index is -0.263. The van der Waals surface area contributed by atoms with Gasteiger partial charge in [-0.3, -0.25) is 4.79 Å². The fraction of sp³-hybridized carbons (Fsp3) is 0.250. The van der Waals surface area contributed by atoms with Crippen LogP contribution in [0.15, 0.2) is 59.8 Å². The number of para-hydroxylation sites is 2. The molecule has 146 valence electrons. The average Bonchev–Trinajstić information content (AvgIpc) is 3.12. The maximum Gasteiger partial charge on any atom is 0.234 e. The quantitative estimate of drug-likeness (QED) is 0.533. The third kappa shape index (κ3) is 5.05. The van der Waals surface area contributed by atoms with Gasteiger partial charge in [-0.25, -0.2) is 0 Å². The average molecular weight is 417 g/mol. The predicted octanol–water partition coefficient (Wildman–Crippen LogP) is 4.82. The number of nitrogens with one attached hydrogen (secondary N) is 1. The number of ether oxygens (including phenoxy) is 1. The SMILES string of the molecule is CCn1c(SCC(=O)Nc2ccccc2Cl)nnc1C(C)Oc1ccccc1. The molecule has 1 unspecified atom stereocenters. The second kappa shape index (κ2) is 9.61. The summed E-state index contributed by atoms with van der Waals surface area (Å²) in [5, 5.41) is 12.5. The van der Waals surface area contributed by atoms with Crippen LogP contribution in [0, 0.1) is 0 Å². The van der Waals surface area contributed by atoms with Crippen LogP contribution in [0.1, 0.15) is 25.8 Å². The summed E-state index contributed by atoms with van der Waals surface area (Å²) in [6, 6.07) is 16.7. The highest BCUT2D eigenvalue weighted by molar-refractivity contribution is 7.99. The van der Waals surface area contributed by atoms with E-state index in [4.69, 9.17) is 16.3 Å². The summed E-state index contributed by atoms with van der Waals surface area (Å²) >= 11 is 7.40. The number of halogens is 1. The Balaban J connectivity index is 1.63. The number of carbonyl (C=O) groups excluding carboxylic acids is 1. The third-order valence-electron chi connectivity index (χ3n) is 3.96. The maximum atomic E-state index is 12.2. The molecule has 2 aromatic carbocycles. The monoisotopic (exact) mass is 416 g/mol. The van der Waals surface area contributed by atoms with Crippen LogP contribution in [0.5, 0.6) is 5.75 Å². The van der Waals surface area contributed by atoms with Gasteiger partial charge in [0.2, 0.25) is 5.91 Å². The molecular formula is C20H21ClN4O2S. The van der Waals surface area contributed by atoms with E-state index in [2.05, 4.69) is 15.5 Å². The van der Waals surface area contributed by atoms with E-state index in [-0.39, 0.29) is 17.8 Å². The van der Waals surface area contributed by atoms with E-state index in [1.54, 1.807) is 12.1 Å². The molecular weight excluding hydrogens is 396 g/mol. The molecule has 1 amide bonds. The molecule has 0 aliphatic rings. The molecule has 0 aliphatic heterocycles. The first-order valence-corrected chi connectivity index (χ1v) is 10.3. The van der Waals surface area contributed by atoms with E-state index < -0.39 is 0 Å². The van der Waals surface area contributed by atoms with Gasteiger partial charge in [0.25, 0.3) is 0 Å². The number of hydrogen-bond acceptors (Lipinski definition) is 5. The lowest BCUT2D eigenvalue weighted by molar-refractivity contribution is -0.113. The number of rotatable bonds is 8. The standard InChI is InChI=1S/C20H21ClN4O2S/c1-3-25-19(14(2)27-15-9-5-4-6-10-15)23-24-20(25)28-13-18(26)22-17-12-8-7-11-16(17)21/h4-12,14H,3,13H2,1-2H3,(H,22,26). The Bertz CT molecular complexity index is 933. The summed E-state index contributed by atoms with van der Waals surface area (Å²) < 4.78 is 7.91. The Morgan fingerprint density at radius 2 is 1.89 bits per heavy atom. The van der Waals surface area contributed by atoms with Crippen LogP contribution in [0.4, 0.5) is 5.69 Å². The normalized spacial score (nSPS) is 11.8. The highest BCUT2D eigenvalue weighted by Crippen LogP contribution is 2.25. The van der Waals surface area contributed by atoms with Crippen LogP contribution < -0.4 is 10.1 Å². The molecule has 28 heavy (non-hydrogen) atoms. The number of hydrogen-bond donors (Lipinski definition) is 1. The zero-order valence-electron chi connectivity index (χ0n) is 15.6. The second-order valence-electron chi connectivity index (χ2n) is 5.97. The van der Waals surface area contributed by atoms with Crippen molar-refractivity contribution in [1.82, 2.24) is 14.8 Å². The first-order chi connectivity index (χ1) is 13.6. The van der Waals surface area contributed by atoms with E-state index in [0.717, 1.165) is 11.6 Å². The summed E-state index contributed by atoms with van der Waals surface area (Å²) in [7, 11) is 0. The topological polar surface area (TPSA) is 69.0 Å². The number of carbonyl (C=O) groups is 1. The second-order valence-corrected chi connectivity index (χ2v) is 7.32. The summed E-state index contributed by atoms with van der Waals surface area (Å²) in [5.41, 5.74) is 0.595. The molecule has 0 fully saturated rings. The minimum absolute atomic E-state index is 0.154. The Labute approximate surface area is 173 Å². The first kappa shape index (κ1) is 20.2. The van der Waals surface area contributed by atoms with Crippen molar-refractivity contribution in [3.05, 3.63) is 65.4 Å². The van der Waals surface area contributed by atoms with Gasteiger partial charge >= 0.3 is 0 Å². The zero-order valence-corrected chi connectivity index (χ0v) is 17.2. The van der Waals surface area contributed by atoms with E-state index >= 15 is 0 Å². The van der Waals surface area contributed by atoms with Gasteiger partial charge < -0.3 is 14.6 Å². The van der Waals surface area contributed by atoms with E-state index in [1.807, 2.05) is 60.9 Å². The molecule has 0 saturated carbocycles. The molecule has 0 spiro atoms. The zero-order chi connectivity index (χ0) is 19.9. The summed E-state index contributed by atoms with van der Waals surface area (Å²) in [4.78, 5) is 12.2. The molecule has 1 N–H and O–H groups in total. The molecule has 8 heteroatoms. The van der Waals surface area contributed by atoms with E-state index in [0.29, 0.717) is 22.4 Å². The van der Waals surface area contributed by atoms with Crippen molar-refractivity contribution in [2.75, 3.05) is 11.1 Å². The number of aromatic nitrogens is 3. The molecule has 1 atom stereocenters. The lowest BCUT2D eigenvalue weighted by atomic mass is 10.3. The summed E-state index contributed by atoms with van der Waals surface area (Å²) in [5.74, 6) is 1.55. The van der Waals surface area contributed by atoms with E-state index in [9.17, 15) is 4.79 Å². The Morgan fingerprint density at radius 3 is 2.61 bits per heavy atom. The third-order valence-corrected chi connectivity index (χ3v) is 5.26. The van der Waals surface area contributed by atoms with Gasteiger partial charge in [-0.2, -0.15) is 0 Å². The van der Waals surface area contributed by atoms with Crippen LogP contribution in [0.3, 0.4) is 0 Å². The van der Waals surface area contributed by atoms with Gasteiger partial charge in [-0.15, -0.1) is 10.2 Å². The summed E-state index contributed by atoms with van der Waals surface area (Å²) in [6.45, 7) is 4.62. The smallest absolute Gasteiger partial charge is 0.234 e. The number of thioether (sulfide) groups is 1. The van der Waals surface area contributed by atoms with Gasteiger partial charge in [-0.05, 0) is 38.1 Å². The molecule has 6 nitrogen and oxygen atoms in total. The molecule has 0 saturated heterocycles. The number of benzene rings is 2. The van der Waals surface area contributed by atoms with Crippen molar-refractivity contribution < 1.29 is 9.53 Å². The first-order valence-electron chi connectivity index (χ1n) is 8.90. The molecule has 3 aromatic rings. The fourth-order valence-electron chi connectivity index (χ4n) is 2.64. The van der Waals surface area contributed by atoms with Crippen molar-refractivity contribution in [1.29, 1.82) is 0 Å². The largest absolute Gasteiger partial charge is 0.483 e. The maximum absolute atomic E-state index is 12.2. The minimum Gasteiger partial charge on any atom is -0.483 e. The van der Waals surface area contributed by atoms with Crippen LogP contribution in [-0.2, 0) is 11.3 Å². The molecule has 3 rings (SSSR count). The lowest BCUT2D eigenvalue weighted by Crippen LogP contribution is -2.15. The van der Waals surface area contributed by atoms with Crippen LogP contribution >= 0.6 is 23.4 Å². The molecule has 1 aromatic heterocycles. The highest BCUT2D eigenvalue weighted by Gasteiger charge is 2.19. The molecule has 0 radical (unpaired) electrons. The number of anilines is 1. The van der Waals surface area contributed by atoms with Crippen molar-refractivity contribution in [2.24, 2.45) is 0 Å². The van der Waals surface area contributed by atoms with Crippen molar-refractivity contribution in [3.63, 3.8) is 0 Å². The van der Waals surface area contributed by atoms with Crippen molar-refractivity contribution in [3.8, 4) is 5.75 Å². The van der Waals surface area contributed by atoms with Crippen LogP contribution in [-0.4, -0.2) is 26.4 Å². The predicted molar refractivity (Wildman–Crippen MR) is 112 cm³/mol. The highest BCUT2D eigenvalue weighted by atomic mass is 35.5. The van der Waals surface area contributed by atoms with Crippen LogP contribution in [0.25, 0.3) is 0 Å². The van der Waals surface area contributed by atoms with Gasteiger partial charge in [0, 0.05) is 6.54 Å². The van der Waals surface area contributed by atoms with E-state index in [1.165, 1.54) is 11.8 Å². The summed E-state index contributed by atoms with van der Waals surface area (Å²) in [6.07, 6.45) is -0.263. The van der Waals surface area contributed by atoms with Gasteiger partial charge in [0.15, 0.2) is 17.1 Å². The fourth-order valence-corrected chi connectivity index (χ4v) is 3.63. The molecule has 0 aliphatic carbocycles.